The van der Waals surface area contributed by atoms with Crippen LogP contribution < -0.4 is 16.0 Å². The van der Waals surface area contributed by atoms with Gasteiger partial charge in [-0.2, -0.15) is 0 Å². The van der Waals surface area contributed by atoms with Gasteiger partial charge >= 0.3 is 0 Å². The van der Waals surface area contributed by atoms with Crippen molar-refractivity contribution in [1.82, 2.24) is 30.8 Å². The van der Waals surface area contributed by atoms with Gasteiger partial charge in [-0.05, 0) is 43.9 Å². The molecular formula is C30H42N6O6. The van der Waals surface area contributed by atoms with Crippen LogP contribution in [0.5, 0.6) is 0 Å². The van der Waals surface area contributed by atoms with E-state index >= 15 is 0 Å². The number of benzene rings is 1. The van der Waals surface area contributed by atoms with Crippen LogP contribution in [0.4, 0.5) is 0 Å². The Labute approximate surface area is 245 Å². The molecule has 0 radical (unpaired) electrons. The first kappa shape index (κ1) is 30.1. The second-order valence-corrected chi connectivity index (χ2v) is 12.0. The van der Waals surface area contributed by atoms with Crippen molar-refractivity contribution < 1.29 is 28.7 Å². The van der Waals surface area contributed by atoms with Gasteiger partial charge < -0.3 is 30.4 Å². The number of hydrogen-bond acceptors (Lipinski definition) is 8. The van der Waals surface area contributed by atoms with Gasteiger partial charge in [-0.25, -0.2) is 4.98 Å². The molecule has 42 heavy (non-hydrogen) atoms. The van der Waals surface area contributed by atoms with Crippen LogP contribution in [-0.2, 0) is 35.1 Å². The molecule has 0 spiro atoms. The van der Waals surface area contributed by atoms with Gasteiger partial charge in [0.25, 0.3) is 0 Å². The van der Waals surface area contributed by atoms with E-state index in [1.165, 1.54) is 0 Å². The Hall–Kier alpha value is -3.35. The van der Waals surface area contributed by atoms with Gasteiger partial charge in [-0.15, -0.1) is 0 Å². The van der Waals surface area contributed by atoms with Gasteiger partial charge in [0.05, 0.1) is 49.8 Å². The average molecular weight is 583 g/mol. The highest BCUT2D eigenvalue weighted by Gasteiger charge is 2.50. The second-order valence-electron chi connectivity index (χ2n) is 12.0. The minimum atomic E-state index is -0.969. The number of H-pyrrole nitrogens is 1. The third-order valence-electron chi connectivity index (χ3n) is 8.57. The first-order chi connectivity index (χ1) is 20.2. The number of ketones is 1. The highest BCUT2D eigenvalue weighted by Crippen LogP contribution is 2.33. The molecule has 1 aromatic heterocycles. The van der Waals surface area contributed by atoms with Crippen LogP contribution in [0.1, 0.15) is 51.5 Å². The third-order valence-corrected chi connectivity index (χ3v) is 8.57. The van der Waals surface area contributed by atoms with E-state index in [0.717, 1.165) is 42.3 Å². The van der Waals surface area contributed by atoms with Gasteiger partial charge in [0.15, 0.2) is 5.78 Å². The molecule has 2 aromatic rings. The lowest BCUT2D eigenvalue weighted by Gasteiger charge is -2.27. The summed E-state index contributed by atoms with van der Waals surface area (Å²) >= 11 is 0. The maximum absolute atomic E-state index is 13.8. The first-order valence-corrected chi connectivity index (χ1v) is 15.0. The number of imidazole rings is 1. The average Bonchev–Trinajstić information content (AvgIpc) is 3.32. The summed E-state index contributed by atoms with van der Waals surface area (Å²) in [5.41, 5.74) is 1.54. The second kappa shape index (κ2) is 13.3. The number of amides is 3. The number of fused-ring (bicyclic) bond motifs is 1. The van der Waals surface area contributed by atoms with E-state index in [4.69, 9.17) is 9.47 Å². The number of epoxide rings is 1. The molecular weight excluding hydrogens is 540 g/mol. The van der Waals surface area contributed by atoms with Gasteiger partial charge in [0.2, 0.25) is 17.7 Å². The minimum Gasteiger partial charge on any atom is -0.379 e. The van der Waals surface area contributed by atoms with Crippen LogP contribution in [-0.4, -0.2) is 102 Å². The Morgan fingerprint density at radius 3 is 2.50 bits per heavy atom. The van der Waals surface area contributed by atoms with Gasteiger partial charge in [-0.1, -0.05) is 31.7 Å². The van der Waals surface area contributed by atoms with Crippen LogP contribution >= 0.6 is 0 Å². The summed E-state index contributed by atoms with van der Waals surface area (Å²) < 4.78 is 10.8. The molecule has 4 unspecified atom stereocenters. The predicted molar refractivity (Wildman–Crippen MR) is 154 cm³/mol. The number of morpholine rings is 1. The molecule has 1 aliphatic carbocycles. The number of Topliss-reactive ketones (excluding diaryl/α,β-unsaturated/α-hetero) is 1. The Balaban J connectivity index is 1.28. The summed E-state index contributed by atoms with van der Waals surface area (Å²) in [6.07, 6.45) is 6.65. The van der Waals surface area contributed by atoms with Gasteiger partial charge in [0.1, 0.15) is 17.7 Å². The molecule has 3 aliphatic rings. The molecule has 4 N–H and O–H groups in total. The first-order valence-electron chi connectivity index (χ1n) is 15.0. The Kier molecular flexibility index (Phi) is 9.54. The molecule has 3 amide bonds. The molecule has 2 aliphatic heterocycles. The van der Waals surface area contributed by atoms with Gasteiger partial charge in [-0.3, -0.25) is 24.1 Å². The smallest absolute Gasteiger partial charge is 0.243 e. The number of nitrogens with zero attached hydrogens (tertiary/aromatic N) is 2. The fourth-order valence-electron chi connectivity index (χ4n) is 5.87. The van der Waals surface area contributed by atoms with E-state index in [2.05, 4.69) is 25.9 Å². The summed E-state index contributed by atoms with van der Waals surface area (Å²) in [6.45, 7) is 6.30. The molecule has 12 nitrogen and oxygen atoms in total. The summed E-state index contributed by atoms with van der Waals surface area (Å²) in [5, 5.41) is 8.56. The summed E-state index contributed by atoms with van der Waals surface area (Å²) in [7, 11) is 0. The topological polar surface area (TPSA) is 158 Å². The number of rotatable bonds is 13. The Bertz CT molecular complexity index is 1280. The van der Waals surface area contributed by atoms with E-state index in [1.54, 1.807) is 20.2 Å². The summed E-state index contributed by atoms with van der Waals surface area (Å²) in [6, 6.07) is 3.07. The quantitative estimate of drug-likeness (QED) is 0.253. The molecule has 1 aromatic carbocycles. The van der Waals surface area contributed by atoms with Crippen molar-refractivity contribution in [3.8, 4) is 0 Å². The number of aromatic amines is 1. The number of ether oxygens (including phenoxy) is 2. The van der Waals surface area contributed by atoms with Crippen LogP contribution in [0.25, 0.3) is 11.0 Å². The number of carbonyl (C=O) groups is 4. The van der Waals surface area contributed by atoms with E-state index in [9.17, 15) is 19.2 Å². The number of nitrogens with one attached hydrogen (secondary N) is 4. The monoisotopic (exact) mass is 582 g/mol. The van der Waals surface area contributed by atoms with Crippen molar-refractivity contribution in [2.45, 2.75) is 76.1 Å². The molecule has 12 heteroatoms. The molecule has 0 bridgehead atoms. The number of aromatic nitrogens is 2. The van der Waals surface area contributed by atoms with Crippen molar-refractivity contribution in [1.29, 1.82) is 0 Å². The maximum Gasteiger partial charge on any atom is 0.243 e. The van der Waals surface area contributed by atoms with Crippen molar-refractivity contribution in [2.24, 2.45) is 5.92 Å². The van der Waals surface area contributed by atoms with E-state index in [1.807, 2.05) is 23.1 Å². The van der Waals surface area contributed by atoms with Gasteiger partial charge in [0, 0.05) is 19.5 Å². The van der Waals surface area contributed by atoms with Crippen LogP contribution in [0.3, 0.4) is 0 Å². The molecule has 4 atom stereocenters. The molecule has 1 saturated carbocycles. The molecule has 228 valence electrons. The molecule has 5 rings (SSSR count). The van der Waals surface area contributed by atoms with Crippen LogP contribution in [0.15, 0.2) is 24.5 Å². The zero-order valence-corrected chi connectivity index (χ0v) is 24.4. The van der Waals surface area contributed by atoms with Crippen molar-refractivity contribution >= 4 is 34.5 Å². The normalized spacial score (nSPS) is 23.2. The largest absolute Gasteiger partial charge is 0.379 e. The highest BCUT2D eigenvalue weighted by atomic mass is 16.6. The molecule has 3 fully saturated rings. The minimum absolute atomic E-state index is 0.129. The molecule has 2 saturated heterocycles. The van der Waals surface area contributed by atoms with Crippen molar-refractivity contribution in [3.05, 3.63) is 30.1 Å². The fourth-order valence-corrected chi connectivity index (χ4v) is 5.87. The summed E-state index contributed by atoms with van der Waals surface area (Å²) in [5.74, 6) is -0.968. The lowest BCUT2D eigenvalue weighted by molar-refractivity contribution is -0.134. The predicted octanol–water partition coefficient (Wildman–Crippen LogP) is 0.850. The third kappa shape index (κ3) is 7.73. The highest BCUT2D eigenvalue weighted by molar-refractivity contribution is 5.98. The standard InChI is InChI=1S/C30H42N6O6/c1-19(33-26(37)16-36-9-11-41-12-10-36)28(39)35-25(15-21-7-8-22-23(14-21)32-18-31-22)29(40)34-24(13-20-5-3-4-6-20)27(38)30(2)17-42-30/h7-8,14,18-20,24-25H,3-6,9-13,15-17H2,1-2H3,(H,31,32)(H,33,37)(H,34,40)(H,35,39). The van der Waals surface area contributed by atoms with Crippen LogP contribution in [0, 0.1) is 5.92 Å². The van der Waals surface area contributed by atoms with Crippen LogP contribution in [0.2, 0.25) is 0 Å². The fraction of sp³-hybridized carbons (Fsp3) is 0.633. The van der Waals surface area contributed by atoms with E-state index in [0.29, 0.717) is 45.2 Å². The SMILES string of the molecule is CC(NC(=O)CN1CCOCC1)C(=O)NC(Cc1ccc2nc[nH]c2c1)C(=O)NC(CC1CCCC1)C(=O)C1(C)CO1. The lowest BCUT2D eigenvalue weighted by Crippen LogP contribution is -2.57. The Morgan fingerprint density at radius 2 is 1.79 bits per heavy atom. The zero-order valence-electron chi connectivity index (χ0n) is 24.4. The zero-order chi connectivity index (χ0) is 29.7. The van der Waals surface area contributed by atoms with E-state index in [-0.39, 0.29) is 24.7 Å². The maximum atomic E-state index is 13.8. The lowest BCUT2D eigenvalue weighted by atomic mass is 9.90. The summed E-state index contributed by atoms with van der Waals surface area (Å²) in [4.78, 5) is 62.3. The Morgan fingerprint density at radius 1 is 1.07 bits per heavy atom. The van der Waals surface area contributed by atoms with Crippen molar-refractivity contribution in [2.75, 3.05) is 39.5 Å². The molecule has 3 heterocycles. The van der Waals surface area contributed by atoms with Crippen molar-refractivity contribution in [3.63, 3.8) is 0 Å². The number of carbonyl (C=O) groups excluding carboxylic acids is 4. The number of hydrogen-bond donors (Lipinski definition) is 4. The van der Waals surface area contributed by atoms with E-state index < -0.39 is 35.5 Å².